The number of primary amides is 1. The molecule has 0 aromatic carbocycles. The zero-order valence-corrected chi connectivity index (χ0v) is 12.2. The van der Waals surface area contributed by atoms with Crippen LogP contribution >= 0.6 is 11.8 Å². The fraction of sp³-hybridized carbons (Fsp3) is 0.929. The second kappa shape index (κ2) is 6.29. The summed E-state index contributed by atoms with van der Waals surface area (Å²) in [6.07, 6.45) is 9.66. The van der Waals surface area contributed by atoms with Gasteiger partial charge in [-0.1, -0.05) is 32.6 Å². The number of nitrogens with one attached hydrogen (secondary N) is 1. The van der Waals surface area contributed by atoms with Crippen LogP contribution < -0.4 is 11.1 Å². The number of rotatable bonds is 3. The third-order valence-electron chi connectivity index (χ3n) is 4.53. The normalized spacial score (nSPS) is 35.1. The van der Waals surface area contributed by atoms with Gasteiger partial charge in [0.1, 0.15) is 5.54 Å². The number of carbonyl (C=O) groups is 1. The maximum atomic E-state index is 12.0. The Kier molecular flexibility index (Phi) is 4.96. The van der Waals surface area contributed by atoms with E-state index in [0.29, 0.717) is 11.3 Å². The predicted molar refractivity (Wildman–Crippen MR) is 77.7 cm³/mol. The van der Waals surface area contributed by atoms with E-state index in [-0.39, 0.29) is 5.91 Å². The van der Waals surface area contributed by atoms with Crippen LogP contribution in [0.25, 0.3) is 0 Å². The number of hydrogen-bond acceptors (Lipinski definition) is 3. The summed E-state index contributed by atoms with van der Waals surface area (Å²) in [5.41, 5.74) is 5.27. The van der Waals surface area contributed by atoms with Crippen molar-refractivity contribution in [2.45, 2.75) is 75.1 Å². The molecule has 0 aromatic rings. The molecule has 2 aliphatic rings. The van der Waals surface area contributed by atoms with Gasteiger partial charge in [0.05, 0.1) is 0 Å². The highest BCUT2D eigenvalue weighted by atomic mass is 32.2. The molecule has 2 unspecified atom stereocenters. The Morgan fingerprint density at radius 1 is 1.22 bits per heavy atom. The van der Waals surface area contributed by atoms with Gasteiger partial charge in [0.15, 0.2) is 0 Å². The Balaban J connectivity index is 2.06. The van der Waals surface area contributed by atoms with Gasteiger partial charge >= 0.3 is 0 Å². The standard InChI is InChI=1S/C14H26N2OS/c1-11-14(13(15)17,9-6-10-18-11)16-12-7-4-2-3-5-8-12/h11-12,16H,2-10H2,1H3,(H2,15,17). The van der Waals surface area contributed by atoms with Crippen molar-refractivity contribution in [3.8, 4) is 0 Å². The first-order valence-electron chi connectivity index (χ1n) is 7.34. The molecule has 0 aromatic heterocycles. The Hall–Kier alpha value is -0.220. The minimum absolute atomic E-state index is 0.147. The molecule has 2 fully saturated rings. The van der Waals surface area contributed by atoms with E-state index in [0.717, 1.165) is 18.6 Å². The van der Waals surface area contributed by atoms with Crippen LogP contribution in [-0.2, 0) is 4.79 Å². The summed E-state index contributed by atoms with van der Waals surface area (Å²) in [4.78, 5) is 12.0. The van der Waals surface area contributed by atoms with E-state index in [1.165, 1.54) is 38.5 Å². The van der Waals surface area contributed by atoms with Crippen molar-refractivity contribution < 1.29 is 4.79 Å². The highest BCUT2D eigenvalue weighted by molar-refractivity contribution is 8.00. The topological polar surface area (TPSA) is 55.1 Å². The number of carbonyl (C=O) groups excluding carboxylic acids is 1. The molecule has 4 heteroatoms. The molecule has 3 N–H and O–H groups in total. The minimum atomic E-state index is -0.460. The third-order valence-corrected chi connectivity index (χ3v) is 5.96. The van der Waals surface area contributed by atoms with E-state index in [2.05, 4.69) is 12.2 Å². The predicted octanol–water partition coefficient (Wildman–Crippen LogP) is 2.44. The SMILES string of the molecule is CC1SCCCC1(NC1CCCCCC1)C(N)=O. The second-order valence-corrected chi connectivity index (χ2v) is 7.23. The average Bonchev–Trinajstić information content (AvgIpc) is 2.60. The van der Waals surface area contributed by atoms with Crippen LogP contribution in [0.15, 0.2) is 0 Å². The molecule has 1 aliphatic carbocycles. The van der Waals surface area contributed by atoms with Gasteiger partial charge in [0.25, 0.3) is 0 Å². The van der Waals surface area contributed by atoms with Gasteiger partial charge in [-0.25, -0.2) is 0 Å². The Morgan fingerprint density at radius 3 is 2.44 bits per heavy atom. The van der Waals surface area contributed by atoms with Gasteiger partial charge < -0.3 is 5.73 Å². The third kappa shape index (κ3) is 3.02. The van der Waals surface area contributed by atoms with Crippen molar-refractivity contribution in [1.82, 2.24) is 5.32 Å². The molecule has 2 atom stereocenters. The molecule has 3 nitrogen and oxygen atoms in total. The molecule has 0 spiro atoms. The van der Waals surface area contributed by atoms with Gasteiger partial charge in [-0.15, -0.1) is 0 Å². The van der Waals surface area contributed by atoms with Gasteiger partial charge in [-0.3, -0.25) is 10.1 Å². The molecule has 2 rings (SSSR count). The van der Waals surface area contributed by atoms with Crippen LogP contribution in [0.3, 0.4) is 0 Å². The molecule has 104 valence electrons. The molecule has 1 amide bonds. The van der Waals surface area contributed by atoms with E-state index < -0.39 is 5.54 Å². The van der Waals surface area contributed by atoms with Crippen LogP contribution in [0, 0.1) is 0 Å². The zero-order chi connectivity index (χ0) is 13.0. The maximum Gasteiger partial charge on any atom is 0.238 e. The summed E-state index contributed by atoms with van der Waals surface area (Å²) in [7, 11) is 0. The molecule has 1 saturated heterocycles. The van der Waals surface area contributed by atoms with E-state index in [9.17, 15) is 4.79 Å². The Bertz CT molecular complexity index is 290. The number of hydrogen-bond donors (Lipinski definition) is 2. The van der Waals surface area contributed by atoms with Crippen molar-refractivity contribution in [3.63, 3.8) is 0 Å². The lowest BCUT2D eigenvalue weighted by atomic mass is 9.87. The van der Waals surface area contributed by atoms with Crippen LogP contribution in [0.1, 0.15) is 58.3 Å². The molecule has 18 heavy (non-hydrogen) atoms. The lowest BCUT2D eigenvalue weighted by Crippen LogP contribution is -2.64. The zero-order valence-electron chi connectivity index (χ0n) is 11.4. The van der Waals surface area contributed by atoms with Crippen molar-refractivity contribution >= 4 is 17.7 Å². The quantitative estimate of drug-likeness (QED) is 0.775. The van der Waals surface area contributed by atoms with E-state index in [1.807, 2.05) is 11.8 Å². The van der Waals surface area contributed by atoms with Gasteiger partial charge in [-0.05, 0) is 31.4 Å². The molecular formula is C14H26N2OS. The number of nitrogens with two attached hydrogens (primary N) is 1. The fourth-order valence-corrected chi connectivity index (χ4v) is 4.58. The van der Waals surface area contributed by atoms with E-state index in [4.69, 9.17) is 5.73 Å². The first-order valence-corrected chi connectivity index (χ1v) is 8.39. The Morgan fingerprint density at radius 2 is 1.89 bits per heavy atom. The van der Waals surface area contributed by atoms with Crippen molar-refractivity contribution in [2.75, 3.05) is 5.75 Å². The maximum absolute atomic E-state index is 12.0. The molecule has 1 heterocycles. The van der Waals surface area contributed by atoms with Gasteiger partial charge in [0.2, 0.25) is 5.91 Å². The van der Waals surface area contributed by atoms with E-state index >= 15 is 0 Å². The number of thioether (sulfide) groups is 1. The highest BCUT2D eigenvalue weighted by Gasteiger charge is 2.45. The molecule has 1 saturated carbocycles. The van der Waals surface area contributed by atoms with Crippen LogP contribution in [0.4, 0.5) is 0 Å². The monoisotopic (exact) mass is 270 g/mol. The van der Waals surface area contributed by atoms with Crippen molar-refractivity contribution in [1.29, 1.82) is 0 Å². The molecular weight excluding hydrogens is 244 g/mol. The summed E-state index contributed by atoms with van der Waals surface area (Å²) in [6, 6.07) is 0.487. The lowest BCUT2D eigenvalue weighted by Gasteiger charge is -2.42. The largest absolute Gasteiger partial charge is 0.368 e. The van der Waals surface area contributed by atoms with Crippen LogP contribution in [-0.4, -0.2) is 28.5 Å². The Labute approximate surface area is 115 Å². The summed E-state index contributed by atoms with van der Waals surface area (Å²) < 4.78 is 0. The molecule has 0 bridgehead atoms. The van der Waals surface area contributed by atoms with Gasteiger partial charge in [-0.2, -0.15) is 11.8 Å². The first kappa shape index (κ1) is 14.2. The lowest BCUT2D eigenvalue weighted by molar-refractivity contribution is -0.125. The van der Waals surface area contributed by atoms with E-state index in [1.54, 1.807) is 0 Å². The smallest absolute Gasteiger partial charge is 0.238 e. The molecule has 0 radical (unpaired) electrons. The summed E-state index contributed by atoms with van der Waals surface area (Å²) >= 11 is 1.88. The minimum Gasteiger partial charge on any atom is -0.368 e. The summed E-state index contributed by atoms with van der Waals surface area (Å²) in [6.45, 7) is 2.15. The number of amides is 1. The second-order valence-electron chi connectivity index (χ2n) is 5.79. The van der Waals surface area contributed by atoms with Crippen molar-refractivity contribution in [3.05, 3.63) is 0 Å². The fourth-order valence-electron chi connectivity index (χ4n) is 3.33. The first-order chi connectivity index (χ1) is 8.65. The summed E-state index contributed by atoms with van der Waals surface area (Å²) in [5, 5.41) is 3.96. The summed E-state index contributed by atoms with van der Waals surface area (Å²) in [5.74, 6) is 1.01. The van der Waals surface area contributed by atoms with Crippen LogP contribution in [0.2, 0.25) is 0 Å². The van der Waals surface area contributed by atoms with Crippen molar-refractivity contribution in [2.24, 2.45) is 5.73 Å². The van der Waals surface area contributed by atoms with Crippen LogP contribution in [0.5, 0.6) is 0 Å². The van der Waals surface area contributed by atoms with Gasteiger partial charge in [0, 0.05) is 11.3 Å². The highest BCUT2D eigenvalue weighted by Crippen LogP contribution is 2.35. The molecule has 1 aliphatic heterocycles. The average molecular weight is 270 g/mol.